The molecule has 1 saturated carbocycles. The molecule has 1 saturated heterocycles. The number of fused-ring (bicyclic) bond motifs is 1. The van der Waals surface area contributed by atoms with Crippen molar-refractivity contribution in [2.24, 2.45) is 11.8 Å². The second-order valence-corrected chi connectivity index (χ2v) is 12.5. The molecule has 0 unspecified atom stereocenters. The largest absolute Gasteiger partial charge is 0.439 e. The molecule has 6 rings (SSSR count). The Labute approximate surface area is 257 Å². The number of rotatable bonds is 9. The first-order valence-electron chi connectivity index (χ1n) is 15.5. The van der Waals surface area contributed by atoms with E-state index < -0.39 is 5.76 Å². The summed E-state index contributed by atoms with van der Waals surface area (Å²) < 4.78 is 6.58. The van der Waals surface area contributed by atoms with Crippen molar-refractivity contribution in [2.75, 3.05) is 13.1 Å². The molecule has 1 aliphatic heterocycles. The predicted octanol–water partition coefficient (Wildman–Crippen LogP) is 5.94. The van der Waals surface area contributed by atoms with E-state index in [9.17, 15) is 9.59 Å². The Morgan fingerprint density at radius 2 is 1.81 bits per heavy atom. The van der Waals surface area contributed by atoms with Gasteiger partial charge in [0.1, 0.15) is 5.82 Å². The second kappa shape index (κ2) is 12.8. The Bertz CT molecular complexity index is 1720. The molecule has 2 aromatic heterocycles. The van der Waals surface area contributed by atoms with Gasteiger partial charge in [-0.1, -0.05) is 92.1 Å². The van der Waals surface area contributed by atoms with E-state index in [-0.39, 0.29) is 5.56 Å². The fraction of sp³-hybridized carbons (Fsp3) is 0.441. The highest BCUT2D eigenvalue weighted by atomic mass is 32.1. The second-order valence-electron chi connectivity index (χ2n) is 12.0. The van der Waals surface area contributed by atoms with Gasteiger partial charge in [0.25, 0.3) is 5.56 Å². The van der Waals surface area contributed by atoms with Crippen LogP contribution in [0, 0.1) is 18.8 Å². The molecule has 8 nitrogen and oxygen atoms in total. The van der Waals surface area contributed by atoms with Crippen molar-refractivity contribution >= 4 is 17.2 Å². The van der Waals surface area contributed by atoms with Crippen LogP contribution in [0.5, 0.6) is 0 Å². The lowest BCUT2D eigenvalue weighted by atomic mass is 9.88. The van der Waals surface area contributed by atoms with Crippen LogP contribution in [0.1, 0.15) is 68.1 Å². The quantitative estimate of drug-likeness (QED) is 0.238. The molecular weight excluding hydrogens is 558 g/mol. The molecule has 43 heavy (non-hydrogen) atoms. The van der Waals surface area contributed by atoms with Crippen LogP contribution in [0.4, 0.5) is 0 Å². The van der Waals surface area contributed by atoms with Crippen LogP contribution in [-0.2, 0) is 19.4 Å². The number of likely N-dealkylation sites (tertiary alicyclic amines) is 1. The van der Waals surface area contributed by atoms with Crippen LogP contribution in [0.25, 0.3) is 22.5 Å². The van der Waals surface area contributed by atoms with Gasteiger partial charge in [0.05, 0.1) is 11.5 Å². The van der Waals surface area contributed by atoms with E-state index in [1.54, 1.807) is 0 Å². The van der Waals surface area contributed by atoms with E-state index in [1.807, 2.05) is 60.0 Å². The standard InChI is InChI=1S/C34H39N5O3S/c1-3-4-12-30-35-22(2)29(19-31(43)38-18-17-24-8-7-9-26(24)21-38)33(40)39(30)20-23-13-15-25(16-14-23)27-10-5-6-11-28(27)32-36-34(41)42-37-32/h5-6,10-11,13-16,24,26H,3-4,7-9,12,17-21H2,1-2H3,(H,36,37,41)/t24-,26-/m0/s1. The Kier molecular flexibility index (Phi) is 8.70. The number of aromatic nitrogens is 4. The van der Waals surface area contributed by atoms with Gasteiger partial charge >= 0.3 is 5.76 Å². The first kappa shape index (κ1) is 29.2. The van der Waals surface area contributed by atoms with Crippen LogP contribution in [0.2, 0.25) is 0 Å². The minimum absolute atomic E-state index is 0.0149. The molecule has 1 N–H and O–H groups in total. The number of aryl methyl sites for hydroxylation is 2. The monoisotopic (exact) mass is 597 g/mol. The number of aromatic amines is 1. The molecule has 1 aliphatic carbocycles. The van der Waals surface area contributed by atoms with Gasteiger partial charge in [-0.25, -0.2) is 9.78 Å². The van der Waals surface area contributed by atoms with Crippen molar-refractivity contribution in [2.45, 2.75) is 71.8 Å². The molecule has 2 aromatic carbocycles. The number of hydrogen-bond donors (Lipinski definition) is 1. The highest BCUT2D eigenvalue weighted by Gasteiger charge is 2.33. The summed E-state index contributed by atoms with van der Waals surface area (Å²) in [6.07, 6.45) is 8.43. The summed E-state index contributed by atoms with van der Waals surface area (Å²) in [5.41, 5.74) is 5.21. The first-order valence-corrected chi connectivity index (χ1v) is 15.9. The minimum atomic E-state index is -0.588. The van der Waals surface area contributed by atoms with E-state index in [2.05, 4.69) is 22.0 Å². The van der Waals surface area contributed by atoms with E-state index in [0.717, 1.165) is 82.9 Å². The normalized spacial score (nSPS) is 18.1. The van der Waals surface area contributed by atoms with Crippen molar-refractivity contribution in [1.29, 1.82) is 0 Å². The van der Waals surface area contributed by atoms with Gasteiger partial charge in [0, 0.05) is 42.8 Å². The van der Waals surface area contributed by atoms with Crippen molar-refractivity contribution in [3.05, 3.63) is 92.1 Å². The fourth-order valence-corrected chi connectivity index (χ4v) is 7.14. The number of unbranched alkanes of at least 4 members (excludes halogenated alkanes) is 1. The molecule has 2 atom stereocenters. The minimum Gasteiger partial charge on any atom is -0.366 e. The summed E-state index contributed by atoms with van der Waals surface area (Å²) in [6.45, 7) is 6.58. The molecule has 224 valence electrons. The molecule has 0 radical (unpaired) electrons. The maximum Gasteiger partial charge on any atom is 0.439 e. The molecule has 4 aromatic rings. The summed E-state index contributed by atoms with van der Waals surface area (Å²) in [6, 6.07) is 15.9. The van der Waals surface area contributed by atoms with Gasteiger partial charge in [-0.2, -0.15) is 0 Å². The summed E-state index contributed by atoms with van der Waals surface area (Å²) in [5.74, 6) is 2.22. The van der Waals surface area contributed by atoms with Crippen LogP contribution in [0.3, 0.4) is 0 Å². The van der Waals surface area contributed by atoms with Crippen molar-refractivity contribution in [1.82, 2.24) is 24.6 Å². The number of thiocarbonyl (C=S) groups is 1. The van der Waals surface area contributed by atoms with Crippen molar-refractivity contribution < 1.29 is 4.52 Å². The average molecular weight is 598 g/mol. The Balaban J connectivity index is 1.26. The third-order valence-corrected chi connectivity index (χ3v) is 9.65. The van der Waals surface area contributed by atoms with Gasteiger partial charge < -0.3 is 4.90 Å². The lowest BCUT2D eigenvalue weighted by Gasteiger charge is -2.37. The Hall–Kier alpha value is -3.85. The topological polar surface area (TPSA) is 97.0 Å². The zero-order chi connectivity index (χ0) is 29.9. The lowest BCUT2D eigenvalue weighted by molar-refractivity contribution is 0.205. The summed E-state index contributed by atoms with van der Waals surface area (Å²) in [5, 5.41) is 3.87. The summed E-state index contributed by atoms with van der Waals surface area (Å²) >= 11 is 5.94. The first-order chi connectivity index (χ1) is 20.9. The number of piperidine rings is 1. The Morgan fingerprint density at radius 1 is 1.05 bits per heavy atom. The van der Waals surface area contributed by atoms with Crippen LogP contribution in [-0.4, -0.2) is 42.7 Å². The third-order valence-electron chi connectivity index (χ3n) is 9.25. The van der Waals surface area contributed by atoms with E-state index in [4.69, 9.17) is 21.7 Å². The van der Waals surface area contributed by atoms with Gasteiger partial charge in [-0.15, -0.1) is 0 Å². The maximum absolute atomic E-state index is 14.1. The smallest absolute Gasteiger partial charge is 0.366 e. The predicted molar refractivity (Wildman–Crippen MR) is 172 cm³/mol. The van der Waals surface area contributed by atoms with Crippen LogP contribution < -0.4 is 11.3 Å². The summed E-state index contributed by atoms with van der Waals surface area (Å²) in [7, 11) is 0. The average Bonchev–Trinajstić information content (AvgIpc) is 3.68. The van der Waals surface area contributed by atoms with E-state index in [1.165, 1.54) is 25.7 Å². The van der Waals surface area contributed by atoms with Gasteiger partial charge in [0.2, 0.25) is 0 Å². The molecule has 3 heterocycles. The summed E-state index contributed by atoms with van der Waals surface area (Å²) in [4.78, 5) is 36.4. The Morgan fingerprint density at radius 3 is 2.56 bits per heavy atom. The molecular formula is C34H39N5O3S. The van der Waals surface area contributed by atoms with Gasteiger partial charge in [0.15, 0.2) is 5.82 Å². The van der Waals surface area contributed by atoms with Crippen molar-refractivity contribution in [3.8, 4) is 22.5 Å². The number of hydrogen-bond acceptors (Lipinski definition) is 6. The zero-order valence-electron chi connectivity index (χ0n) is 25.0. The zero-order valence-corrected chi connectivity index (χ0v) is 25.8. The van der Waals surface area contributed by atoms with Crippen LogP contribution in [0.15, 0.2) is 62.6 Å². The number of nitrogens with zero attached hydrogens (tertiary/aromatic N) is 4. The van der Waals surface area contributed by atoms with Crippen LogP contribution >= 0.6 is 12.2 Å². The third kappa shape index (κ3) is 6.27. The molecule has 0 spiro atoms. The number of nitrogens with one attached hydrogen (secondary N) is 1. The molecule has 9 heteroatoms. The highest BCUT2D eigenvalue weighted by molar-refractivity contribution is 7.80. The SMILES string of the molecule is CCCCc1nc(C)c(CC(=S)N2CC[C@@H]3CCC[C@H]3C2)c(=O)n1Cc1ccc(-c2ccccc2-c2noc(=O)[nH]2)cc1. The molecule has 0 bridgehead atoms. The van der Waals surface area contributed by atoms with E-state index >= 15 is 0 Å². The lowest BCUT2D eigenvalue weighted by Crippen LogP contribution is -2.43. The van der Waals surface area contributed by atoms with Crippen molar-refractivity contribution in [3.63, 3.8) is 0 Å². The highest BCUT2D eigenvalue weighted by Crippen LogP contribution is 2.38. The molecule has 0 amide bonds. The van der Waals surface area contributed by atoms with Gasteiger partial charge in [-0.05, 0) is 54.7 Å². The maximum atomic E-state index is 14.1. The van der Waals surface area contributed by atoms with Gasteiger partial charge in [-0.3, -0.25) is 18.9 Å². The van der Waals surface area contributed by atoms with E-state index in [0.29, 0.717) is 24.4 Å². The number of H-pyrrole nitrogens is 1. The molecule has 2 aliphatic rings. The number of benzene rings is 2. The fourth-order valence-electron chi connectivity index (χ4n) is 6.83. The molecule has 2 fully saturated rings.